The normalized spacial score (nSPS) is 28.0. The summed E-state index contributed by atoms with van der Waals surface area (Å²) in [7, 11) is 4.27. The number of rotatable bonds is 10. The lowest BCUT2D eigenvalue weighted by Crippen LogP contribution is -2.59. The van der Waals surface area contributed by atoms with Gasteiger partial charge in [-0.1, -0.05) is 30.3 Å². The Morgan fingerprint density at radius 1 is 1.11 bits per heavy atom. The minimum Gasteiger partial charge on any atom is -0.388 e. The predicted octanol–water partition coefficient (Wildman–Crippen LogP) is 2.56. The molecule has 3 amide bonds. The third kappa shape index (κ3) is 5.20. The minimum atomic E-state index is -0.798. The molecule has 194 valence electrons. The summed E-state index contributed by atoms with van der Waals surface area (Å²) in [6.07, 6.45) is 5.97. The molecule has 35 heavy (non-hydrogen) atoms. The number of carbonyl (C=O) groups excluding carboxylic acids is 2. The molecule has 4 rings (SSSR count). The molecule has 3 fully saturated rings. The van der Waals surface area contributed by atoms with Crippen LogP contribution >= 0.6 is 0 Å². The Kier molecular flexibility index (Phi) is 7.74. The third-order valence-corrected chi connectivity index (χ3v) is 8.58. The molecule has 3 aliphatic rings. The van der Waals surface area contributed by atoms with Crippen molar-refractivity contribution in [3.8, 4) is 0 Å². The first-order valence-corrected chi connectivity index (χ1v) is 13.1. The van der Waals surface area contributed by atoms with Crippen LogP contribution < -0.4 is 5.32 Å². The molecule has 2 aliphatic carbocycles. The molecule has 8 heteroatoms. The lowest BCUT2D eigenvalue weighted by Gasteiger charge is -2.52. The van der Waals surface area contributed by atoms with Gasteiger partial charge in [-0.25, -0.2) is 4.79 Å². The van der Waals surface area contributed by atoms with Crippen molar-refractivity contribution < 1.29 is 19.4 Å². The van der Waals surface area contributed by atoms with Crippen molar-refractivity contribution in [1.82, 2.24) is 20.0 Å². The molecule has 0 aromatic heterocycles. The van der Waals surface area contributed by atoms with Crippen LogP contribution in [0.2, 0.25) is 0 Å². The number of amides is 3. The van der Waals surface area contributed by atoms with Gasteiger partial charge in [0.25, 0.3) is 0 Å². The predicted molar refractivity (Wildman–Crippen MR) is 135 cm³/mol. The summed E-state index contributed by atoms with van der Waals surface area (Å²) < 4.78 is 5.30. The van der Waals surface area contributed by atoms with E-state index in [0.717, 1.165) is 44.9 Å². The van der Waals surface area contributed by atoms with Gasteiger partial charge in [0.15, 0.2) is 0 Å². The summed E-state index contributed by atoms with van der Waals surface area (Å²) in [6.45, 7) is 4.35. The molecule has 2 N–H and O–H groups in total. The van der Waals surface area contributed by atoms with E-state index in [0.29, 0.717) is 32.8 Å². The van der Waals surface area contributed by atoms with E-state index in [1.54, 1.807) is 4.90 Å². The van der Waals surface area contributed by atoms with E-state index in [1.165, 1.54) is 5.56 Å². The summed E-state index contributed by atoms with van der Waals surface area (Å²) in [6, 6.07) is 10.5. The number of aliphatic hydroxyl groups is 1. The Hall–Kier alpha value is -2.16. The van der Waals surface area contributed by atoms with Crippen LogP contribution in [0, 0.1) is 0 Å². The second-order valence-corrected chi connectivity index (χ2v) is 10.9. The summed E-state index contributed by atoms with van der Waals surface area (Å²) in [4.78, 5) is 32.1. The Morgan fingerprint density at radius 2 is 1.80 bits per heavy atom. The van der Waals surface area contributed by atoms with Crippen LogP contribution in [0.15, 0.2) is 30.3 Å². The number of ether oxygens (including phenoxy) is 1. The monoisotopic (exact) mass is 486 g/mol. The van der Waals surface area contributed by atoms with Gasteiger partial charge in [0.2, 0.25) is 5.91 Å². The first kappa shape index (κ1) is 25.9. The molecule has 1 heterocycles. The SMILES string of the molecule is CCOCCNC(=O)CN1C[C@]2(CC[C@](c3ccccc3)(N(C)C)CC2)N(CC2(O)CCC2)C1=O. The van der Waals surface area contributed by atoms with Gasteiger partial charge in [0.05, 0.1) is 24.3 Å². The van der Waals surface area contributed by atoms with Gasteiger partial charge < -0.3 is 25.0 Å². The van der Waals surface area contributed by atoms with E-state index >= 15 is 0 Å². The molecule has 0 bridgehead atoms. The van der Waals surface area contributed by atoms with E-state index in [1.807, 2.05) is 17.9 Å². The van der Waals surface area contributed by atoms with E-state index < -0.39 is 5.60 Å². The van der Waals surface area contributed by atoms with Crippen LogP contribution in [0.25, 0.3) is 0 Å². The molecule has 2 saturated carbocycles. The Morgan fingerprint density at radius 3 is 2.37 bits per heavy atom. The largest absolute Gasteiger partial charge is 0.388 e. The number of hydrogen-bond acceptors (Lipinski definition) is 5. The van der Waals surface area contributed by atoms with Gasteiger partial charge in [-0.3, -0.25) is 9.69 Å². The van der Waals surface area contributed by atoms with Crippen molar-refractivity contribution in [3.63, 3.8) is 0 Å². The highest BCUT2D eigenvalue weighted by atomic mass is 16.5. The van der Waals surface area contributed by atoms with Crippen LogP contribution in [0.3, 0.4) is 0 Å². The number of nitrogens with zero attached hydrogens (tertiary/aromatic N) is 3. The van der Waals surface area contributed by atoms with Crippen LogP contribution in [0.4, 0.5) is 4.79 Å². The van der Waals surface area contributed by atoms with Crippen molar-refractivity contribution in [3.05, 3.63) is 35.9 Å². The van der Waals surface area contributed by atoms with Crippen molar-refractivity contribution in [2.45, 2.75) is 68.5 Å². The van der Waals surface area contributed by atoms with Crippen LogP contribution in [0.1, 0.15) is 57.4 Å². The molecule has 0 atom stereocenters. The van der Waals surface area contributed by atoms with Crippen molar-refractivity contribution >= 4 is 11.9 Å². The summed E-state index contributed by atoms with van der Waals surface area (Å²) >= 11 is 0. The first-order chi connectivity index (χ1) is 16.7. The molecule has 1 aromatic carbocycles. The fourth-order valence-electron chi connectivity index (χ4n) is 6.21. The number of carbonyl (C=O) groups is 2. The average molecular weight is 487 g/mol. The van der Waals surface area contributed by atoms with E-state index in [9.17, 15) is 14.7 Å². The molecule has 1 aliphatic heterocycles. The fraction of sp³-hybridized carbons (Fsp3) is 0.704. The Balaban J connectivity index is 1.51. The van der Waals surface area contributed by atoms with Crippen molar-refractivity contribution in [1.29, 1.82) is 0 Å². The number of nitrogens with one attached hydrogen (secondary N) is 1. The van der Waals surface area contributed by atoms with Gasteiger partial charge in [0.1, 0.15) is 6.54 Å². The second kappa shape index (κ2) is 10.4. The average Bonchev–Trinajstić information content (AvgIpc) is 3.07. The van der Waals surface area contributed by atoms with Gasteiger partial charge in [0, 0.05) is 25.2 Å². The smallest absolute Gasteiger partial charge is 0.321 e. The number of urea groups is 1. The number of benzene rings is 1. The second-order valence-electron chi connectivity index (χ2n) is 10.9. The zero-order valence-corrected chi connectivity index (χ0v) is 21.6. The summed E-state index contributed by atoms with van der Waals surface area (Å²) in [5.41, 5.74) is 0.0633. The molecule has 8 nitrogen and oxygen atoms in total. The van der Waals surface area contributed by atoms with Crippen molar-refractivity contribution in [2.24, 2.45) is 0 Å². The maximum absolute atomic E-state index is 13.6. The Labute approximate surface area is 209 Å². The molecule has 1 saturated heterocycles. The molecular weight excluding hydrogens is 444 g/mol. The quantitative estimate of drug-likeness (QED) is 0.497. The molecule has 1 spiro atoms. The zero-order valence-electron chi connectivity index (χ0n) is 21.6. The highest BCUT2D eigenvalue weighted by molar-refractivity contribution is 5.86. The maximum Gasteiger partial charge on any atom is 0.321 e. The third-order valence-electron chi connectivity index (χ3n) is 8.58. The lowest BCUT2D eigenvalue weighted by atomic mass is 9.67. The van der Waals surface area contributed by atoms with Gasteiger partial charge in [-0.2, -0.15) is 0 Å². The highest BCUT2D eigenvalue weighted by Gasteiger charge is 2.56. The van der Waals surface area contributed by atoms with Crippen molar-refractivity contribution in [2.75, 3.05) is 53.5 Å². The van der Waals surface area contributed by atoms with E-state index in [4.69, 9.17) is 4.74 Å². The van der Waals surface area contributed by atoms with Crippen LogP contribution in [-0.2, 0) is 15.1 Å². The standard InChI is InChI=1S/C27H42N4O4/c1-4-35-18-17-28-23(32)19-30-20-25(31(24(30)33)21-26(34)11-8-12-26)13-15-27(16-14-25,29(2)3)22-9-6-5-7-10-22/h5-7,9-10,34H,4,8,11-21H2,1-3H3,(H,28,32)/t25-,27+. The lowest BCUT2D eigenvalue weighted by molar-refractivity contribution is -0.121. The van der Waals surface area contributed by atoms with Gasteiger partial charge in [-0.15, -0.1) is 0 Å². The highest BCUT2D eigenvalue weighted by Crippen LogP contribution is 2.50. The first-order valence-electron chi connectivity index (χ1n) is 13.1. The minimum absolute atomic E-state index is 0.0408. The number of hydrogen-bond donors (Lipinski definition) is 2. The topological polar surface area (TPSA) is 85.3 Å². The van der Waals surface area contributed by atoms with Gasteiger partial charge in [-0.05, 0) is 71.5 Å². The molecule has 1 aromatic rings. The summed E-state index contributed by atoms with van der Waals surface area (Å²) in [5.74, 6) is -0.167. The molecule has 0 radical (unpaired) electrons. The zero-order chi connectivity index (χ0) is 25.1. The Bertz CT molecular complexity index is 878. The van der Waals surface area contributed by atoms with E-state index in [-0.39, 0.29) is 29.6 Å². The maximum atomic E-state index is 13.6. The summed E-state index contributed by atoms with van der Waals surface area (Å²) in [5, 5.41) is 13.9. The van der Waals surface area contributed by atoms with Crippen LogP contribution in [0.5, 0.6) is 0 Å². The van der Waals surface area contributed by atoms with Gasteiger partial charge >= 0.3 is 6.03 Å². The molecule has 0 unspecified atom stereocenters. The fourth-order valence-corrected chi connectivity index (χ4v) is 6.21. The van der Waals surface area contributed by atoms with Crippen LogP contribution in [-0.4, -0.2) is 96.4 Å². The number of β-amino-alcohol motifs (C(OH)–C–C–N with tert-alkyl or cyclic N) is 1. The molecular formula is C27H42N4O4. The van der Waals surface area contributed by atoms with E-state index in [2.05, 4.69) is 48.6 Å².